The first-order chi connectivity index (χ1) is 10.8. The molecule has 0 bridgehead atoms. The van der Waals surface area contributed by atoms with Crippen molar-refractivity contribution in [1.82, 2.24) is 4.90 Å². The lowest BCUT2D eigenvalue weighted by atomic mass is 10.1. The van der Waals surface area contributed by atoms with Gasteiger partial charge in [-0.15, -0.1) is 0 Å². The van der Waals surface area contributed by atoms with Crippen LogP contribution in [0.15, 0.2) is 17.0 Å². The zero-order chi connectivity index (χ0) is 17.1. The fourth-order valence-corrected chi connectivity index (χ4v) is 3.22. The molecular weight excluding hydrogens is 342 g/mol. The SMILES string of the molecule is O=C(O)CCCN1C(=O)C(=Cc2ccc(O)c(O)c2O)SC1=S. The van der Waals surface area contributed by atoms with Crippen LogP contribution < -0.4 is 0 Å². The van der Waals surface area contributed by atoms with Crippen molar-refractivity contribution >= 4 is 46.3 Å². The predicted molar refractivity (Wildman–Crippen MR) is 88.2 cm³/mol. The number of benzene rings is 1. The Morgan fingerprint density at radius 3 is 2.61 bits per heavy atom. The number of thioether (sulfide) groups is 1. The van der Waals surface area contributed by atoms with E-state index >= 15 is 0 Å². The number of rotatable bonds is 5. The van der Waals surface area contributed by atoms with Crippen LogP contribution in [-0.4, -0.2) is 48.1 Å². The van der Waals surface area contributed by atoms with Crippen LogP contribution in [0.25, 0.3) is 6.08 Å². The van der Waals surface area contributed by atoms with Crippen molar-refractivity contribution in [3.05, 3.63) is 22.6 Å². The number of hydrogen-bond acceptors (Lipinski definition) is 7. The van der Waals surface area contributed by atoms with Crippen molar-refractivity contribution in [3.8, 4) is 17.2 Å². The summed E-state index contributed by atoms with van der Waals surface area (Å²) in [5, 5.41) is 37.2. The number of phenols is 3. The molecule has 1 saturated heterocycles. The Morgan fingerprint density at radius 1 is 1.26 bits per heavy atom. The number of carbonyl (C=O) groups is 2. The third-order valence-electron chi connectivity index (χ3n) is 3.09. The smallest absolute Gasteiger partial charge is 0.303 e. The third-order valence-corrected chi connectivity index (χ3v) is 4.47. The molecule has 23 heavy (non-hydrogen) atoms. The summed E-state index contributed by atoms with van der Waals surface area (Å²) < 4.78 is 0.300. The summed E-state index contributed by atoms with van der Waals surface area (Å²) in [6.07, 6.45) is 1.56. The molecule has 0 atom stereocenters. The monoisotopic (exact) mass is 355 g/mol. The molecule has 4 N–H and O–H groups in total. The Morgan fingerprint density at radius 2 is 1.96 bits per heavy atom. The van der Waals surface area contributed by atoms with Gasteiger partial charge in [0.1, 0.15) is 4.32 Å². The molecule has 0 radical (unpaired) electrons. The maximum atomic E-state index is 12.3. The van der Waals surface area contributed by atoms with Crippen LogP contribution in [0.5, 0.6) is 17.2 Å². The van der Waals surface area contributed by atoms with Crippen molar-refractivity contribution in [2.45, 2.75) is 12.8 Å². The first kappa shape index (κ1) is 17.1. The lowest BCUT2D eigenvalue weighted by Gasteiger charge is -2.13. The maximum Gasteiger partial charge on any atom is 0.303 e. The Kier molecular flexibility index (Phi) is 5.12. The van der Waals surface area contributed by atoms with E-state index in [1.54, 1.807) is 0 Å². The van der Waals surface area contributed by atoms with E-state index in [0.29, 0.717) is 4.32 Å². The average molecular weight is 355 g/mol. The Hall–Kier alpha value is -2.26. The number of carbonyl (C=O) groups excluding carboxylic acids is 1. The van der Waals surface area contributed by atoms with E-state index in [4.69, 9.17) is 17.3 Å². The fourth-order valence-electron chi connectivity index (χ4n) is 1.92. The van der Waals surface area contributed by atoms with Gasteiger partial charge in [-0.3, -0.25) is 14.5 Å². The number of amides is 1. The van der Waals surface area contributed by atoms with Gasteiger partial charge in [0, 0.05) is 18.5 Å². The molecule has 7 nitrogen and oxygen atoms in total. The van der Waals surface area contributed by atoms with Gasteiger partial charge in [-0.1, -0.05) is 24.0 Å². The largest absolute Gasteiger partial charge is 0.504 e. The molecule has 0 saturated carbocycles. The molecule has 9 heteroatoms. The van der Waals surface area contributed by atoms with Crippen LogP contribution in [0.1, 0.15) is 18.4 Å². The van der Waals surface area contributed by atoms with E-state index in [9.17, 15) is 24.9 Å². The second-order valence-electron chi connectivity index (χ2n) is 4.70. The van der Waals surface area contributed by atoms with E-state index in [2.05, 4.69) is 0 Å². The van der Waals surface area contributed by atoms with E-state index < -0.39 is 29.1 Å². The summed E-state index contributed by atoms with van der Waals surface area (Å²) in [5.74, 6) is -3.02. The van der Waals surface area contributed by atoms with E-state index in [1.165, 1.54) is 23.1 Å². The quantitative estimate of drug-likeness (QED) is 0.359. The van der Waals surface area contributed by atoms with E-state index in [0.717, 1.165) is 11.8 Å². The third kappa shape index (κ3) is 3.74. The Labute approximate surface area is 140 Å². The minimum absolute atomic E-state index is 0.0667. The lowest BCUT2D eigenvalue weighted by molar-refractivity contribution is -0.137. The number of carboxylic acid groups (broad SMARTS) is 1. The second kappa shape index (κ2) is 6.88. The Balaban J connectivity index is 2.19. The van der Waals surface area contributed by atoms with Gasteiger partial charge < -0.3 is 20.4 Å². The van der Waals surface area contributed by atoms with Gasteiger partial charge in [-0.2, -0.15) is 0 Å². The molecule has 0 spiro atoms. The van der Waals surface area contributed by atoms with Crippen molar-refractivity contribution in [2.24, 2.45) is 0 Å². The van der Waals surface area contributed by atoms with Gasteiger partial charge >= 0.3 is 5.97 Å². The van der Waals surface area contributed by atoms with Gasteiger partial charge in [0.2, 0.25) is 5.75 Å². The average Bonchev–Trinajstić information content (AvgIpc) is 2.75. The second-order valence-corrected chi connectivity index (χ2v) is 6.38. The standard InChI is InChI=1S/C14H13NO6S2/c16-8-4-3-7(11(19)12(8)20)6-9-13(21)15(14(22)23-9)5-1-2-10(17)18/h3-4,6,16,19-20H,1-2,5H2,(H,17,18). The highest BCUT2D eigenvalue weighted by molar-refractivity contribution is 8.26. The summed E-state index contributed by atoms with van der Waals surface area (Å²) in [7, 11) is 0. The molecular formula is C14H13NO6S2. The maximum absolute atomic E-state index is 12.3. The lowest BCUT2D eigenvalue weighted by Crippen LogP contribution is -2.29. The topological polar surface area (TPSA) is 118 Å². The van der Waals surface area contributed by atoms with Crippen LogP contribution in [0, 0.1) is 0 Å². The molecule has 1 aliphatic heterocycles. The van der Waals surface area contributed by atoms with Crippen LogP contribution in [0.2, 0.25) is 0 Å². The normalized spacial score (nSPS) is 16.3. The highest BCUT2D eigenvalue weighted by atomic mass is 32.2. The van der Waals surface area contributed by atoms with Crippen LogP contribution in [-0.2, 0) is 9.59 Å². The molecule has 1 heterocycles. The van der Waals surface area contributed by atoms with Crippen LogP contribution in [0.3, 0.4) is 0 Å². The molecule has 1 fully saturated rings. The molecule has 2 rings (SSSR count). The first-order valence-corrected chi connectivity index (χ1v) is 7.74. The van der Waals surface area contributed by atoms with Crippen molar-refractivity contribution in [2.75, 3.05) is 6.54 Å². The van der Waals surface area contributed by atoms with Gasteiger partial charge in [0.05, 0.1) is 4.91 Å². The molecule has 1 aromatic carbocycles. The number of carboxylic acids is 1. The van der Waals surface area contributed by atoms with Crippen molar-refractivity contribution < 1.29 is 30.0 Å². The summed E-state index contributed by atoms with van der Waals surface area (Å²) in [6, 6.07) is 2.54. The molecule has 122 valence electrons. The van der Waals surface area contributed by atoms with Gasteiger partial charge in [0.25, 0.3) is 5.91 Å². The molecule has 0 aromatic heterocycles. The van der Waals surface area contributed by atoms with E-state index in [-0.39, 0.29) is 29.9 Å². The Bertz CT molecular complexity index is 715. The minimum Gasteiger partial charge on any atom is -0.504 e. The zero-order valence-electron chi connectivity index (χ0n) is 11.7. The highest BCUT2D eigenvalue weighted by Gasteiger charge is 2.32. The van der Waals surface area contributed by atoms with Crippen molar-refractivity contribution in [3.63, 3.8) is 0 Å². The first-order valence-electron chi connectivity index (χ1n) is 6.52. The number of thiocarbonyl (C=S) groups is 1. The summed E-state index contributed by atoms with van der Waals surface area (Å²) >= 11 is 6.12. The molecule has 1 aromatic rings. The summed E-state index contributed by atoms with van der Waals surface area (Å²) in [6.45, 7) is 0.196. The summed E-state index contributed by atoms with van der Waals surface area (Å²) in [5.41, 5.74) is 0.159. The summed E-state index contributed by atoms with van der Waals surface area (Å²) in [4.78, 5) is 24.3. The number of aromatic hydroxyl groups is 3. The number of hydrogen-bond donors (Lipinski definition) is 4. The molecule has 0 unspecified atom stereocenters. The number of phenolic OH excluding ortho intramolecular Hbond substituents is 3. The van der Waals surface area contributed by atoms with Crippen LogP contribution >= 0.6 is 24.0 Å². The van der Waals surface area contributed by atoms with Crippen LogP contribution in [0.4, 0.5) is 0 Å². The number of aliphatic carboxylic acids is 1. The molecule has 0 aliphatic carbocycles. The fraction of sp³-hybridized carbons (Fsp3) is 0.214. The van der Waals surface area contributed by atoms with Crippen molar-refractivity contribution in [1.29, 1.82) is 0 Å². The predicted octanol–water partition coefficient (Wildman–Crippen LogP) is 1.87. The zero-order valence-corrected chi connectivity index (χ0v) is 13.4. The molecule has 1 amide bonds. The molecule has 1 aliphatic rings. The minimum atomic E-state index is -0.949. The van der Waals surface area contributed by atoms with Gasteiger partial charge in [-0.25, -0.2) is 0 Å². The number of nitrogens with zero attached hydrogens (tertiary/aromatic N) is 1. The highest BCUT2D eigenvalue weighted by Crippen LogP contribution is 2.40. The van der Waals surface area contributed by atoms with E-state index in [1.807, 2.05) is 0 Å². The van der Waals surface area contributed by atoms with Gasteiger partial charge in [-0.05, 0) is 24.6 Å². The van der Waals surface area contributed by atoms with Gasteiger partial charge in [0.15, 0.2) is 11.5 Å².